The summed E-state index contributed by atoms with van der Waals surface area (Å²) in [6.45, 7) is 2.08. The normalized spacial score (nSPS) is 33.6. The number of aromatic nitrogens is 2. The molecule has 0 radical (unpaired) electrons. The number of nitrogens with zero attached hydrogens (tertiary/aromatic N) is 2. The largest absolute Gasteiger partial charge is 0.379 e. The van der Waals surface area contributed by atoms with Gasteiger partial charge in [-0.3, -0.25) is 4.68 Å². The Morgan fingerprint density at radius 1 is 1.40 bits per heavy atom. The summed E-state index contributed by atoms with van der Waals surface area (Å²) >= 11 is 0. The number of aryl methyl sites for hydroxylation is 2. The van der Waals surface area contributed by atoms with Crippen LogP contribution in [0.2, 0.25) is 0 Å². The molecule has 2 fully saturated rings. The number of fused-ring (bicyclic) bond motifs is 2. The van der Waals surface area contributed by atoms with Crippen molar-refractivity contribution in [2.45, 2.75) is 38.6 Å². The lowest BCUT2D eigenvalue weighted by Gasteiger charge is -2.23. The van der Waals surface area contributed by atoms with Crippen LogP contribution in [0.5, 0.6) is 0 Å². The Bertz CT molecular complexity index is 369. The molecule has 0 spiro atoms. The number of hydrogen-bond donors (Lipinski definition) is 1. The summed E-state index contributed by atoms with van der Waals surface area (Å²) in [5, 5.41) is 8.05. The first-order valence-corrected chi connectivity index (χ1v) is 5.99. The predicted octanol–water partition coefficient (Wildman–Crippen LogP) is 2.33. The molecule has 3 unspecified atom stereocenters. The third kappa shape index (κ3) is 1.54. The van der Waals surface area contributed by atoms with Gasteiger partial charge in [-0.15, -0.1) is 0 Å². The van der Waals surface area contributed by atoms with Gasteiger partial charge in [0, 0.05) is 19.3 Å². The van der Waals surface area contributed by atoms with Gasteiger partial charge in [0.25, 0.3) is 0 Å². The Morgan fingerprint density at radius 3 is 2.80 bits per heavy atom. The van der Waals surface area contributed by atoms with Gasteiger partial charge in [0.05, 0.1) is 11.4 Å². The summed E-state index contributed by atoms with van der Waals surface area (Å²) in [5.74, 6) is 1.93. The lowest BCUT2D eigenvalue weighted by atomic mass is 9.95. The quantitative estimate of drug-likeness (QED) is 0.803. The smallest absolute Gasteiger partial charge is 0.0825 e. The first-order valence-electron chi connectivity index (χ1n) is 5.99. The van der Waals surface area contributed by atoms with Crippen molar-refractivity contribution in [3.8, 4) is 0 Å². The molecule has 82 valence electrons. The highest BCUT2D eigenvalue weighted by atomic mass is 15.3. The van der Waals surface area contributed by atoms with Crippen molar-refractivity contribution in [1.82, 2.24) is 9.78 Å². The standard InChI is InChI=1S/C12H19N3/c1-8-12(7-15(2)14-8)13-11-6-9-3-4-10(11)5-9/h7,9-11,13H,3-6H2,1-2H3. The fourth-order valence-corrected chi connectivity index (χ4v) is 3.36. The first-order chi connectivity index (χ1) is 7.22. The van der Waals surface area contributed by atoms with Gasteiger partial charge in [-0.25, -0.2) is 0 Å². The van der Waals surface area contributed by atoms with Gasteiger partial charge < -0.3 is 5.32 Å². The van der Waals surface area contributed by atoms with E-state index in [2.05, 4.69) is 23.5 Å². The molecule has 2 saturated carbocycles. The summed E-state index contributed by atoms with van der Waals surface area (Å²) in [5.41, 5.74) is 2.36. The van der Waals surface area contributed by atoms with Gasteiger partial charge in [0.1, 0.15) is 0 Å². The first kappa shape index (κ1) is 9.25. The van der Waals surface area contributed by atoms with Crippen molar-refractivity contribution in [3.05, 3.63) is 11.9 Å². The van der Waals surface area contributed by atoms with E-state index in [1.807, 2.05) is 11.7 Å². The molecule has 2 aliphatic rings. The average Bonchev–Trinajstić information content (AvgIpc) is 2.83. The van der Waals surface area contributed by atoms with Crippen LogP contribution in [-0.2, 0) is 7.05 Å². The summed E-state index contributed by atoms with van der Waals surface area (Å²) in [7, 11) is 1.99. The van der Waals surface area contributed by atoms with Crippen LogP contribution in [0.4, 0.5) is 5.69 Å². The number of hydrogen-bond acceptors (Lipinski definition) is 2. The maximum atomic E-state index is 4.37. The topological polar surface area (TPSA) is 29.9 Å². The number of nitrogens with one attached hydrogen (secondary N) is 1. The van der Waals surface area contributed by atoms with Crippen molar-refractivity contribution in [2.24, 2.45) is 18.9 Å². The van der Waals surface area contributed by atoms with E-state index in [9.17, 15) is 0 Å². The Labute approximate surface area is 90.9 Å². The van der Waals surface area contributed by atoms with Crippen LogP contribution in [0.1, 0.15) is 31.4 Å². The fraction of sp³-hybridized carbons (Fsp3) is 0.750. The van der Waals surface area contributed by atoms with E-state index < -0.39 is 0 Å². The molecule has 1 N–H and O–H groups in total. The van der Waals surface area contributed by atoms with Crippen LogP contribution in [0.25, 0.3) is 0 Å². The van der Waals surface area contributed by atoms with Crippen molar-refractivity contribution in [1.29, 1.82) is 0 Å². The second-order valence-electron chi connectivity index (χ2n) is 5.23. The summed E-state index contributed by atoms with van der Waals surface area (Å²) in [6.07, 6.45) is 7.83. The number of rotatable bonds is 2. The Morgan fingerprint density at radius 2 is 2.27 bits per heavy atom. The number of anilines is 1. The lowest BCUT2D eigenvalue weighted by Crippen LogP contribution is -2.25. The zero-order chi connectivity index (χ0) is 10.4. The molecule has 1 aromatic rings. The molecular formula is C12H19N3. The summed E-state index contributed by atoms with van der Waals surface area (Å²) in [4.78, 5) is 0. The third-order valence-corrected chi connectivity index (χ3v) is 4.09. The molecule has 3 atom stereocenters. The van der Waals surface area contributed by atoms with E-state index >= 15 is 0 Å². The molecule has 3 heteroatoms. The molecule has 3 rings (SSSR count). The Hall–Kier alpha value is -0.990. The fourth-order valence-electron chi connectivity index (χ4n) is 3.36. The molecular weight excluding hydrogens is 186 g/mol. The van der Waals surface area contributed by atoms with Crippen LogP contribution in [-0.4, -0.2) is 15.8 Å². The molecule has 1 heterocycles. The highest BCUT2D eigenvalue weighted by molar-refractivity contribution is 5.46. The Balaban J connectivity index is 1.73. The molecule has 0 saturated heterocycles. The highest BCUT2D eigenvalue weighted by Crippen LogP contribution is 2.45. The van der Waals surface area contributed by atoms with E-state index in [0.29, 0.717) is 6.04 Å². The minimum absolute atomic E-state index is 0.714. The zero-order valence-corrected chi connectivity index (χ0v) is 9.53. The summed E-state index contributed by atoms with van der Waals surface area (Å²) in [6, 6.07) is 0.714. The van der Waals surface area contributed by atoms with Gasteiger partial charge in [-0.2, -0.15) is 5.10 Å². The van der Waals surface area contributed by atoms with Crippen molar-refractivity contribution in [2.75, 3.05) is 5.32 Å². The SMILES string of the molecule is Cc1nn(C)cc1NC1CC2CCC1C2. The van der Waals surface area contributed by atoms with Crippen LogP contribution < -0.4 is 5.32 Å². The van der Waals surface area contributed by atoms with Crippen molar-refractivity contribution >= 4 is 5.69 Å². The van der Waals surface area contributed by atoms with Crippen LogP contribution in [0.15, 0.2) is 6.20 Å². The van der Waals surface area contributed by atoms with Gasteiger partial charge >= 0.3 is 0 Å². The van der Waals surface area contributed by atoms with Gasteiger partial charge in [0.15, 0.2) is 0 Å². The molecule has 15 heavy (non-hydrogen) atoms. The minimum atomic E-state index is 0.714. The van der Waals surface area contributed by atoms with Crippen molar-refractivity contribution < 1.29 is 0 Å². The molecule has 0 amide bonds. The molecule has 1 aromatic heterocycles. The summed E-state index contributed by atoms with van der Waals surface area (Å²) < 4.78 is 1.89. The van der Waals surface area contributed by atoms with E-state index in [1.165, 1.54) is 31.4 Å². The Kier molecular flexibility index (Phi) is 2.01. The van der Waals surface area contributed by atoms with E-state index in [1.54, 1.807) is 0 Å². The average molecular weight is 205 g/mol. The molecule has 0 aliphatic heterocycles. The molecule has 2 aliphatic carbocycles. The lowest BCUT2D eigenvalue weighted by molar-refractivity contribution is 0.439. The monoisotopic (exact) mass is 205 g/mol. The van der Waals surface area contributed by atoms with E-state index in [0.717, 1.165) is 17.5 Å². The second kappa shape index (κ2) is 3.26. The van der Waals surface area contributed by atoms with Gasteiger partial charge in [-0.1, -0.05) is 6.42 Å². The van der Waals surface area contributed by atoms with E-state index in [4.69, 9.17) is 0 Å². The third-order valence-electron chi connectivity index (χ3n) is 4.09. The van der Waals surface area contributed by atoms with Crippen molar-refractivity contribution in [3.63, 3.8) is 0 Å². The van der Waals surface area contributed by atoms with Gasteiger partial charge in [-0.05, 0) is 38.0 Å². The maximum Gasteiger partial charge on any atom is 0.0825 e. The molecule has 3 nitrogen and oxygen atoms in total. The van der Waals surface area contributed by atoms with Crippen LogP contribution in [0.3, 0.4) is 0 Å². The second-order valence-corrected chi connectivity index (χ2v) is 5.23. The predicted molar refractivity (Wildman–Crippen MR) is 60.8 cm³/mol. The van der Waals surface area contributed by atoms with Crippen LogP contribution in [0, 0.1) is 18.8 Å². The minimum Gasteiger partial charge on any atom is -0.379 e. The van der Waals surface area contributed by atoms with Gasteiger partial charge in [0.2, 0.25) is 0 Å². The molecule has 2 bridgehead atoms. The highest BCUT2D eigenvalue weighted by Gasteiger charge is 2.39. The maximum absolute atomic E-state index is 4.37. The van der Waals surface area contributed by atoms with E-state index in [-0.39, 0.29) is 0 Å². The van der Waals surface area contributed by atoms with Crippen LogP contribution >= 0.6 is 0 Å². The zero-order valence-electron chi connectivity index (χ0n) is 9.53. The molecule has 0 aromatic carbocycles.